The molecule has 0 radical (unpaired) electrons. The average Bonchev–Trinajstić information content (AvgIpc) is 3.17. The molecule has 0 spiro atoms. The van der Waals surface area contributed by atoms with Crippen LogP contribution in [0.1, 0.15) is 23.2 Å². The number of carbonyl (C=O) groups excluding carboxylic acids is 1. The first-order valence-electron chi connectivity index (χ1n) is 8.45. The lowest BCUT2D eigenvalue weighted by atomic mass is 10.2. The van der Waals surface area contributed by atoms with Gasteiger partial charge in [-0.2, -0.15) is 8.78 Å². The highest BCUT2D eigenvalue weighted by Crippen LogP contribution is 2.30. The van der Waals surface area contributed by atoms with Gasteiger partial charge < -0.3 is 18.6 Å². The van der Waals surface area contributed by atoms with E-state index < -0.39 is 12.6 Å². The van der Waals surface area contributed by atoms with Crippen molar-refractivity contribution in [1.82, 2.24) is 4.98 Å². The summed E-state index contributed by atoms with van der Waals surface area (Å²) in [5.74, 6) is -0.0222. The van der Waals surface area contributed by atoms with E-state index in [-0.39, 0.29) is 36.2 Å². The summed E-state index contributed by atoms with van der Waals surface area (Å²) in [6.07, 6.45) is 1.54. The third-order valence-electron chi connectivity index (χ3n) is 3.63. The van der Waals surface area contributed by atoms with E-state index in [4.69, 9.17) is 13.9 Å². The molecule has 0 atom stereocenters. The second kappa shape index (κ2) is 8.98. The lowest BCUT2D eigenvalue weighted by Crippen LogP contribution is -2.08. The molecular weight excluding hydrogens is 372 g/mol. The lowest BCUT2D eigenvalue weighted by molar-refractivity contribution is -0.0514. The largest absolute Gasteiger partial charge is 0.490 e. The smallest absolute Gasteiger partial charge is 0.387 e. The molecule has 3 rings (SSSR count). The van der Waals surface area contributed by atoms with Gasteiger partial charge in [-0.3, -0.25) is 0 Å². The van der Waals surface area contributed by atoms with Crippen LogP contribution in [0.25, 0.3) is 11.3 Å². The Morgan fingerprint density at radius 3 is 2.64 bits per heavy atom. The van der Waals surface area contributed by atoms with Gasteiger partial charge in [0.05, 0.1) is 18.4 Å². The fourth-order valence-electron chi connectivity index (χ4n) is 2.42. The number of esters is 1. The van der Waals surface area contributed by atoms with E-state index >= 15 is 0 Å². The summed E-state index contributed by atoms with van der Waals surface area (Å²) in [5, 5.41) is 0. The molecule has 2 aromatic carbocycles. The molecule has 0 N–H and O–H groups in total. The molecular formula is C20H17F2NO5. The van der Waals surface area contributed by atoms with E-state index in [0.29, 0.717) is 5.76 Å². The number of hydrogen-bond donors (Lipinski definition) is 0. The molecule has 0 unspecified atom stereocenters. The first-order valence-corrected chi connectivity index (χ1v) is 8.45. The van der Waals surface area contributed by atoms with Crippen molar-refractivity contribution in [3.8, 4) is 22.8 Å². The van der Waals surface area contributed by atoms with E-state index in [1.807, 2.05) is 30.3 Å². The fourth-order valence-corrected chi connectivity index (χ4v) is 2.42. The van der Waals surface area contributed by atoms with Crippen LogP contribution in [0.3, 0.4) is 0 Å². The van der Waals surface area contributed by atoms with Gasteiger partial charge in [0.15, 0.2) is 23.9 Å². The molecule has 0 aliphatic carbocycles. The zero-order valence-electron chi connectivity index (χ0n) is 14.9. The van der Waals surface area contributed by atoms with Crippen molar-refractivity contribution in [2.45, 2.75) is 20.1 Å². The Balaban J connectivity index is 1.66. The number of alkyl halides is 2. The van der Waals surface area contributed by atoms with Crippen LogP contribution in [0, 0.1) is 0 Å². The topological polar surface area (TPSA) is 70.8 Å². The summed E-state index contributed by atoms with van der Waals surface area (Å²) >= 11 is 0. The molecule has 146 valence electrons. The molecule has 3 aromatic rings. The van der Waals surface area contributed by atoms with Crippen molar-refractivity contribution in [3.05, 3.63) is 66.2 Å². The van der Waals surface area contributed by atoms with Gasteiger partial charge in [-0.15, -0.1) is 0 Å². The van der Waals surface area contributed by atoms with Crippen LogP contribution in [0.15, 0.2) is 59.1 Å². The van der Waals surface area contributed by atoms with E-state index in [1.54, 1.807) is 13.1 Å². The monoisotopic (exact) mass is 389 g/mol. The molecule has 28 heavy (non-hydrogen) atoms. The van der Waals surface area contributed by atoms with Gasteiger partial charge in [-0.1, -0.05) is 30.3 Å². The third kappa shape index (κ3) is 4.85. The number of oxazole rings is 1. The first-order chi connectivity index (χ1) is 13.6. The molecule has 1 aromatic heterocycles. The summed E-state index contributed by atoms with van der Waals surface area (Å²) in [6.45, 7) is -1.27. The van der Waals surface area contributed by atoms with Crippen LogP contribution >= 0.6 is 0 Å². The second-order valence-electron chi connectivity index (χ2n) is 5.53. The summed E-state index contributed by atoms with van der Waals surface area (Å²) in [5.41, 5.74) is 0.975. The summed E-state index contributed by atoms with van der Waals surface area (Å²) in [6, 6.07) is 13.2. The number of nitrogens with zero attached hydrogens (tertiary/aromatic N) is 1. The molecule has 0 saturated heterocycles. The van der Waals surface area contributed by atoms with Crippen LogP contribution in [-0.4, -0.2) is 24.2 Å². The minimum Gasteiger partial charge on any atom is -0.490 e. The van der Waals surface area contributed by atoms with Crippen LogP contribution < -0.4 is 9.47 Å². The number of hydrogen-bond acceptors (Lipinski definition) is 6. The number of benzene rings is 2. The number of carbonyl (C=O) groups is 1. The fraction of sp³-hybridized carbons (Fsp3) is 0.200. The standard InChI is InChI=1S/C20H17F2NO5/c1-2-25-16-10-14(8-9-15(16)28-20(21)22)19(24)26-12-18-23-11-17(27-18)13-6-4-3-5-7-13/h3-11,20H,2,12H2,1H3. The average molecular weight is 389 g/mol. The SMILES string of the molecule is CCOc1cc(C(=O)OCc2ncc(-c3ccccc3)o2)ccc1OC(F)F. The molecule has 0 bridgehead atoms. The minimum atomic E-state index is -3.00. The highest BCUT2D eigenvalue weighted by Gasteiger charge is 2.16. The van der Waals surface area contributed by atoms with E-state index in [2.05, 4.69) is 9.72 Å². The Labute approximate surface area is 159 Å². The maximum absolute atomic E-state index is 12.4. The zero-order chi connectivity index (χ0) is 19.9. The van der Waals surface area contributed by atoms with Crippen LogP contribution in [-0.2, 0) is 11.3 Å². The molecule has 0 fully saturated rings. The number of halogens is 2. The lowest BCUT2D eigenvalue weighted by Gasteiger charge is -2.12. The van der Waals surface area contributed by atoms with Crippen molar-refractivity contribution >= 4 is 5.97 Å². The first kappa shape index (κ1) is 19.3. The van der Waals surface area contributed by atoms with Gasteiger partial charge >= 0.3 is 12.6 Å². The Morgan fingerprint density at radius 1 is 1.14 bits per heavy atom. The number of aromatic nitrogens is 1. The molecule has 6 nitrogen and oxygen atoms in total. The molecule has 8 heteroatoms. The Morgan fingerprint density at radius 2 is 1.93 bits per heavy atom. The summed E-state index contributed by atoms with van der Waals surface area (Å²) in [4.78, 5) is 16.3. The van der Waals surface area contributed by atoms with Gasteiger partial charge in [0, 0.05) is 5.56 Å². The Bertz CT molecular complexity index is 927. The molecule has 0 amide bonds. The van der Waals surface area contributed by atoms with Crippen LogP contribution in [0.2, 0.25) is 0 Å². The van der Waals surface area contributed by atoms with Crippen molar-refractivity contribution in [2.75, 3.05) is 6.61 Å². The predicted octanol–water partition coefficient (Wildman–Crippen LogP) is 4.70. The van der Waals surface area contributed by atoms with Gasteiger partial charge in [-0.25, -0.2) is 9.78 Å². The maximum Gasteiger partial charge on any atom is 0.387 e. The van der Waals surface area contributed by atoms with E-state index in [9.17, 15) is 13.6 Å². The zero-order valence-corrected chi connectivity index (χ0v) is 14.9. The highest BCUT2D eigenvalue weighted by molar-refractivity contribution is 5.90. The van der Waals surface area contributed by atoms with Crippen molar-refractivity contribution in [3.63, 3.8) is 0 Å². The molecule has 0 aliphatic heterocycles. The molecule has 1 heterocycles. The van der Waals surface area contributed by atoms with Crippen LogP contribution in [0.5, 0.6) is 11.5 Å². The highest BCUT2D eigenvalue weighted by atomic mass is 19.3. The van der Waals surface area contributed by atoms with Gasteiger partial charge in [-0.05, 0) is 25.1 Å². The Kier molecular flexibility index (Phi) is 6.21. The van der Waals surface area contributed by atoms with Crippen molar-refractivity contribution in [2.24, 2.45) is 0 Å². The number of rotatable bonds is 8. The van der Waals surface area contributed by atoms with Gasteiger partial charge in [0.2, 0.25) is 5.89 Å². The second-order valence-corrected chi connectivity index (χ2v) is 5.53. The van der Waals surface area contributed by atoms with Crippen molar-refractivity contribution < 1.29 is 32.2 Å². The molecule has 0 aliphatic rings. The van der Waals surface area contributed by atoms with Gasteiger partial charge in [0.25, 0.3) is 0 Å². The maximum atomic E-state index is 12.4. The summed E-state index contributed by atoms with van der Waals surface area (Å²) < 4.78 is 45.3. The predicted molar refractivity (Wildman–Crippen MR) is 95.3 cm³/mol. The Hall–Kier alpha value is -3.42. The normalized spacial score (nSPS) is 10.7. The molecule has 0 saturated carbocycles. The van der Waals surface area contributed by atoms with E-state index in [1.165, 1.54) is 18.2 Å². The van der Waals surface area contributed by atoms with Crippen LogP contribution in [0.4, 0.5) is 8.78 Å². The third-order valence-corrected chi connectivity index (χ3v) is 3.63. The minimum absolute atomic E-state index is 0.0275. The van der Waals surface area contributed by atoms with E-state index in [0.717, 1.165) is 5.56 Å². The quantitative estimate of drug-likeness (QED) is 0.520. The van der Waals surface area contributed by atoms with Crippen molar-refractivity contribution in [1.29, 1.82) is 0 Å². The number of ether oxygens (including phenoxy) is 3. The summed E-state index contributed by atoms with van der Waals surface area (Å²) in [7, 11) is 0. The van der Waals surface area contributed by atoms with Gasteiger partial charge in [0.1, 0.15) is 0 Å².